The molecule has 0 bridgehead atoms. The first-order chi connectivity index (χ1) is 8.69. The zero-order valence-corrected chi connectivity index (χ0v) is 12.6. The topological polar surface area (TPSA) is 12.0 Å². The van der Waals surface area contributed by atoms with Crippen LogP contribution in [0, 0.1) is 5.82 Å². The van der Waals surface area contributed by atoms with Gasteiger partial charge in [0, 0.05) is 27.3 Å². The predicted octanol–water partition coefficient (Wildman–Crippen LogP) is 4.50. The van der Waals surface area contributed by atoms with Crippen molar-refractivity contribution in [1.82, 2.24) is 5.32 Å². The van der Waals surface area contributed by atoms with Crippen LogP contribution in [0.2, 0.25) is 0 Å². The van der Waals surface area contributed by atoms with Crippen molar-refractivity contribution in [3.63, 3.8) is 0 Å². The van der Waals surface area contributed by atoms with E-state index in [0.29, 0.717) is 6.54 Å². The molecule has 0 aliphatic carbocycles. The molecule has 18 heavy (non-hydrogen) atoms. The van der Waals surface area contributed by atoms with Crippen molar-refractivity contribution in [2.75, 3.05) is 0 Å². The maximum absolute atomic E-state index is 13.1. The van der Waals surface area contributed by atoms with Crippen molar-refractivity contribution in [3.8, 4) is 0 Å². The highest BCUT2D eigenvalue weighted by atomic mass is 79.9. The standard InChI is InChI=1S/C14H15BrFNS/c1-2-12-4-5-13(18-12)9-17-8-10-7-11(16)3-6-14(10)15/h3-7,17H,2,8-9H2,1H3. The second-order valence-corrected chi connectivity index (χ2v) is 6.17. The number of nitrogens with one attached hydrogen (secondary N) is 1. The van der Waals surface area contributed by atoms with Crippen LogP contribution in [0.4, 0.5) is 4.39 Å². The lowest BCUT2D eigenvalue weighted by Crippen LogP contribution is -2.12. The molecule has 0 aliphatic heterocycles. The van der Waals surface area contributed by atoms with Crippen molar-refractivity contribution in [2.45, 2.75) is 26.4 Å². The van der Waals surface area contributed by atoms with Gasteiger partial charge in [0.25, 0.3) is 0 Å². The Morgan fingerprint density at radius 3 is 2.67 bits per heavy atom. The van der Waals surface area contributed by atoms with E-state index in [-0.39, 0.29) is 5.82 Å². The fraction of sp³-hybridized carbons (Fsp3) is 0.286. The number of rotatable bonds is 5. The van der Waals surface area contributed by atoms with Crippen molar-refractivity contribution < 1.29 is 4.39 Å². The van der Waals surface area contributed by atoms with Crippen molar-refractivity contribution >= 4 is 27.3 Å². The highest BCUT2D eigenvalue weighted by Gasteiger charge is 2.02. The summed E-state index contributed by atoms with van der Waals surface area (Å²) in [6.07, 6.45) is 1.08. The van der Waals surface area contributed by atoms with Gasteiger partial charge in [-0.15, -0.1) is 11.3 Å². The van der Waals surface area contributed by atoms with E-state index in [4.69, 9.17) is 0 Å². The molecule has 0 radical (unpaired) electrons. The summed E-state index contributed by atoms with van der Waals surface area (Å²) in [5.41, 5.74) is 0.947. The van der Waals surface area contributed by atoms with Crippen LogP contribution < -0.4 is 5.32 Å². The van der Waals surface area contributed by atoms with Gasteiger partial charge < -0.3 is 5.32 Å². The molecular weight excluding hydrogens is 313 g/mol. The average molecular weight is 328 g/mol. The van der Waals surface area contributed by atoms with Gasteiger partial charge in [-0.2, -0.15) is 0 Å². The largest absolute Gasteiger partial charge is 0.308 e. The van der Waals surface area contributed by atoms with Crippen molar-refractivity contribution in [1.29, 1.82) is 0 Å². The summed E-state index contributed by atoms with van der Waals surface area (Å²) in [5, 5.41) is 3.34. The van der Waals surface area contributed by atoms with Crippen molar-refractivity contribution in [2.24, 2.45) is 0 Å². The number of hydrogen-bond acceptors (Lipinski definition) is 2. The van der Waals surface area contributed by atoms with Crippen LogP contribution in [-0.2, 0) is 19.5 Å². The van der Waals surface area contributed by atoms with E-state index in [1.54, 1.807) is 12.1 Å². The number of aryl methyl sites for hydroxylation is 1. The molecule has 0 aliphatic rings. The van der Waals surface area contributed by atoms with Crippen LogP contribution in [0.5, 0.6) is 0 Å². The van der Waals surface area contributed by atoms with Gasteiger partial charge in [-0.1, -0.05) is 22.9 Å². The molecule has 0 fully saturated rings. The first-order valence-electron chi connectivity index (χ1n) is 5.91. The molecule has 0 atom stereocenters. The Morgan fingerprint density at radius 2 is 1.94 bits per heavy atom. The van der Waals surface area contributed by atoms with Gasteiger partial charge in [0.05, 0.1) is 0 Å². The Kier molecular flexibility index (Phi) is 4.92. The fourth-order valence-corrected chi connectivity index (χ4v) is 3.02. The van der Waals surface area contributed by atoms with Crippen LogP contribution in [0.3, 0.4) is 0 Å². The van der Waals surface area contributed by atoms with Crippen LogP contribution >= 0.6 is 27.3 Å². The molecule has 1 aromatic carbocycles. The molecule has 0 spiro atoms. The van der Waals surface area contributed by atoms with Gasteiger partial charge >= 0.3 is 0 Å². The lowest BCUT2D eigenvalue weighted by Gasteiger charge is -2.06. The summed E-state index contributed by atoms with van der Waals surface area (Å²) in [4.78, 5) is 2.72. The van der Waals surface area contributed by atoms with Gasteiger partial charge in [0.15, 0.2) is 0 Å². The molecule has 1 nitrogen and oxygen atoms in total. The Labute approximate surface area is 119 Å². The maximum atomic E-state index is 13.1. The minimum absolute atomic E-state index is 0.195. The quantitative estimate of drug-likeness (QED) is 0.852. The fourth-order valence-electron chi connectivity index (χ4n) is 1.71. The predicted molar refractivity (Wildman–Crippen MR) is 78.3 cm³/mol. The SMILES string of the molecule is CCc1ccc(CNCc2cc(F)ccc2Br)s1. The molecule has 96 valence electrons. The van der Waals surface area contributed by atoms with E-state index in [9.17, 15) is 4.39 Å². The van der Waals surface area contributed by atoms with E-state index in [0.717, 1.165) is 23.0 Å². The van der Waals surface area contributed by atoms with Crippen LogP contribution in [0.25, 0.3) is 0 Å². The molecule has 1 heterocycles. The lowest BCUT2D eigenvalue weighted by molar-refractivity contribution is 0.620. The second kappa shape index (κ2) is 6.45. The molecular formula is C14H15BrFNS. The minimum atomic E-state index is -0.195. The Balaban J connectivity index is 1.90. The van der Waals surface area contributed by atoms with Crippen molar-refractivity contribution in [3.05, 3.63) is 55.9 Å². The number of thiophene rings is 1. The summed E-state index contributed by atoms with van der Waals surface area (Å²) in [6.45, 7) is 3.65. The maximum Gasteiger partial charge on any atom is 0.123 e. The zero-order chi connectivity index (χ0) is 13.0. The average Bonchev–Trinajstić information content (AvgIpc) is 2.81. The molecule has 4 heteroatoms. The third-order valence-corrected chi connectivity index (χ3v) is 4.69. The Morgan fingerprint density at radius 1 is 1.17 bits per heavy atom. The number of hydrogen-bond donors (Lipinski definition) is 1. The molecule has 0 saturated carbocycles. The molecule has 0 saturated heterocycles. The zero-order valence-electron chi connectivity index (χ0n) is 10.2. The Hall–Kier alpha value is -0.710. The molecule has 2 rings (SSSR count). The van der Waals surface area contributed by atoms with Gasteiger partial charge in [-0.05, 0) is 42.3 Å². The summed E-state index contributed by atoms with van der Waals surface area (Å²) in [7, 11) is 0. The van der Waals surface area contributed by atoms with Gasteiger partial charge in [0.2, 0.25) is 0 Å². The first-order valence-corrected chi connectivity index (χ1v) is 7.52. The summed E-state index contributed by atoms with van der Waals surface area (Å²) in [6, 6.07) is 9.08. The van der Waals surface area contributed by atoms with E-state index < -0.39 is 0 Å². The molecule has 1 aromatic heterocycles. The van der Waals surface area contributed by atoms with Gasteiger partial charge in [0.1, 0.15) is 5.82 Å². The third-order valence-electron chi connectivity index (χ3n) is 2.69. The Bertz CT molecular complexity index is 524. The van der Waals surface area contributed by atoms with Gasteiger partial charge in [-0.25, -0.2) is 4.39 Å². The molecule has 2 aromatic rings. The second-order valence-electron chi connectivity index (χ2n) is 4.06. The van der Waals surface area contributed by atoms with Gasteiger partial charge in [-0.3, -0.25) is 0 Å². The smallest absolute Gasteiger partial charge is 0.123 e. The highest BCUT2D eigenvalue weighted by Crippen LogP contribution is 2.19. The van der Waals surface area contributed by atoms with E-state index in [1.165, 1.54) is 15.8 Å². The van der Waals surface area contributed by atoms with Crippen LogP contribution in [-0.4, -0.2) is 0 Å². The number of halogens is 2. The molecule has 1 N–H and O–H groups in total. The van der Waals surface area contributed by atoms with E-state index in [1.807, 2.05) is 11.3 Å². The summed E-state index contributed by atoms with van der Waals surface area (Å²) in [5.74, 6) is -0.195. The lowest BCUT2D eigenvalue weighted by atomic mass is 10.2. The first kappa shape index (κ1) is 13.7. The minimum Gasteiger partial charge on any atom is -0.308 e. The van der Waals surface area contributed by atoms with Crippen LogP contribution in [0.15, 0.2) is 34.8 Å². The summed E-state index contributed by atoms with van der Waals surface area (Å²) < 4.78 is 14.0. The van der Waals surface area contributed by atoms with E-state index >= 15 is 0 Å². The van der Waals surface area contributed by atoms with Crippen LogP contribution in [0.1, 0.15) is 22.2 Å². The normalized spacial score (nSPS) is 10.8. The molecule has 0 amide bonds. The monoisotopic (exact) mass is 327 g/mol. The van der Waals surface area contributed by atoms with E-state index in [2.05, 4.69) is 40.3 Å². The highest BCUT2D eigenvalue weighted by molar-refractivity contribution is 9.10. The number of benzene rings is 1. The molecule has 0 unspecified atom stereocenters. The third kappa shape index (κ3) is 3.64. The summed E-state index contributed by atoms with van der Waals surface area (Å²) >= 11 is 5.26.